The quantitative estimate of drug-likeness (QED) is 0.578. The van der Waals surface area contributed by atoms with Crippen LogP contribution < -0.4 is 14.2 Å². The summed E-state index contributed by atoms with van der Waals surface area (Å²) < 4.78 is 22.1. The Hall–Kier alpha value is -2.24. The molecular formula is C19H26O6. The van der Waals surface area contributed by atoms with E-state index in [2.05, 4.69) is 0 Å². The van der Waals surface area contributed by atoms with Crippen LogP contribution in [0.25, 0.3) is 0 Å². The maximum Gasteiger partial charge on any atom is 0.302 e. The first kappa shape index (κ1) is 19.1. The van der Waals surface area contributed by atoms with Gasteiger partial charge in [0.05, 0.1) is 21.3 Å². The number of carbonyl (C=O) groups is 2. The highest BCUT2D eigenvalue weighted by atomic mass is 16.5. The highest BCUT2D eigenvalue weighted by Crippen LogP contribution is 2.48. The Labute approximate surface area is 148 Å². The average Bonchev–Trinajstić information content (AvgIpc) is 2.59. The molecule has 6 heteroatoms. The van der Waals surface area contributed by atoms with E-state index in [1.165, 1.54) is 28.1 Å². The molecule has 2 rings (SSSR count). The molecule has 6 nitrogen and oxygen atoms in total. The second kappa shape index (κ2) is 8.23. The van der Waals surface area contributed by atoms with Gasteiger partial charge < -0.3 is 18.9 Å². The molecule has 0 amide bonds. The average molecular weight is 350 g/mol. The van der Waals surface area contributed by atoms with Crippen molar-refractivity contribution in [2.45, 2.75) is 51.6 Å². The molecule has 0 aromatic heterocycles. The lowest BCUT2D eigenvalue weighted by Crippen LogP contribution is -2.29. The second-order valence-electron chi connectivity index (χ2n) is 6.20. The molecule has 1 fully saturated rings. The van der Waals surface area contributed by atoms with Crippen LogP contribution in [-0.2, 0) is 9.53 Å². The lowest BCUT2D eigenvalue weighted by Gasteiger charge is -2.33. The van der Waals surface area contributed by atoms with E-state index < -0.39 is 0 Å². The van der Waals surface area contributed by atoms with Gasteiger partial charge >= 0.3 is 5.97 Å². The molecule has 0 aliphatic heterocycles. The maximum atomic E-state index is 12.2. The number of rotatable bonds is 6. The molecule has 1 aliphatic rings. The highest BCUT2D eigenvalue weighted by molar-refractivity contribution is 6.00. The molecule has 25 heavy (non-hydrogen) atoms. The number of hydrogen-bond donors (Lipinski definition) is 0. The second-order valence-corrected chi connectivity index (χ2v) is 6.20. The fourth-order valence-corrected chi connectivity index (χ4v) is 3.64. The zero-order valence-corrected chi connectivity index (χ0v) is 15.5. The van der Waals surface area contributed by atoms with Crippen molar-refractivity contribution in [1.29, 1.82) is 0 Å². The van der Waals surface area contributed by atoms with E-state index >= 15 is 0 Å². The number of esters is 1. The molecule has 0 radical (unpaired) electrons. The molecular weight excluding hydrogens is 324 g/mol. The summed E-state index contributed by atoms with van der Waals surface area (Å²) in [6, 6.07) is 1.70. The largest absolute Gasteiger partial charge is 0.496 e. The van der Waals surface area contributed by atoms with Gasteiger partial charge in [-0.25, -0.2) is 0 Å². The Morgan fingerprint density at radius 2 is 1.60 bits per heavy atom. The minimum absolute atomic E-state index is 0.0912. The summed E-state index contributed by atoms with van der Waals surface area (Å²) in [6.45, 7) is 2.89. The molecule has 1 saturated carbocycles. The van der Waals surface area contributed by atoms with E-state index in [1.807, 2.05) is 0 Å². The summed E-state index contributed by atoms with van der Waals surface area (Å²) in [5, 5.41) is 0. The molecule has 2 atom stereocenters. The molecule has 138 valence electrons. The summed E-state index contributed by atoms with van der Waals surface area (Å²) in [5.41, 5.74) is 1.15. The van der Waals surface area contributed by atoms with Crippen molar-refractivity contribution < 1.29 is 28.5 Å². The Kier molecular flexibility index (Phi) is 6.28. The van der Waals surface area contributed by atoms with Gasteiger partial charge in [-0.1, -0.05) is 6.42 Å². The van der Waals surface area contributed by atoms with Crippen molar-refractivity contribution in [3.63, 3.8) is 0 Å². The Morgan fingerprint density at radius 3 is 2.12 bits per heavy atom. The van der Waals surface area contributed by atoms with Gasteiger partial charge in [0.2, 0.25) is 0 Å². The van der Waals surface area contributed by atoms with Gasteiger partial charge in [-0.05, 0) is 26.2 Å². The number of hydrogen-bond acceptors (Lipinski definition) is 6. The molecule has 1 aliphatic carbocycles. The molecule has 0 unspecified atom stereocenters. The van der Waals surface area contributed by atoms with Crippen LogP contribution in [0.5, 0.6) is 17.2 Å². The van der Waals surface area contributed by atoms with Gasteiger partial charge in [0.25, 0.3) is 0 Å². The van der Waals surface area contributed by atoms with Crippen molar-refractivity contribution in [3.05, 3.63) is 17.2 Å². The summed E-state index contributed by atoms with van der Waals surface area (Å²) in [5.74, 6) is 0.861. The van der Waals surface area contributed by atoms with Crippen molar-refractivity contribution in [3.8, 4) is 17.2 Å². The smallest absolute Gasteiger partial charge is 0.302 e. The van der Waals surface area contributed by atoms with E-state index in [0.29, 0.717) is 22.8 Å². The fourth-order valence-electron chi connectivity index (χ4n) is 3.64. The van der Waals surface area contributed by atoms with Crippen molar-refractivity contribution >= 4 is 11.8 Å². The van der Waals surface area contributed by atoms with E-state index in [-0.39, 0.29) is 23.8 Å². The van der Waals surface area contributed by atoms with Crippen molar-refractivity contribution in [2.24, 2.45) is 0 Å². The molecule has 0 heterocycles. The Morgan fingerprint density at radius 1 is 0.960 bits per heavy atom. The molecule has 1 aromatic carbocycles. The van der Waals surface area contributed by atoms with Crippen LogP contribution in [-0.4, -0.2) is 39.2 Å². The Balaban J connectivity index is 2.66. The number of methoxy groups -OCH3 is 3. The number of Topliss-reactive ketones (excluding diaryl/α,β-unsaturated/α-hetero) is 1. The standard InChI is InChI=1S/C19H26O6/c1-11(20)17-15(22-3)10-16(23-4)18(19(17)24-5)13-8-6-7-9-14(13)25-12(2)21/h10,13-14H,6-9H2,1-5H3/t13-,14-/m1/s1. The summed E-state index contributed by atoms with van der Waals surface area (Å²) in [7, 11) is 4.59. The van der Waals surface area contributed by atoms with E-state index in [1.54, 1.807) is 13.2 Å². The first-order valence-electron chi connectivity index (χ1n) is 8.45. The molecule has 0 saturated heterocycles. The van der Waals surface area contributed by atoms with E-state index in [0.717, 1.165) is 31.2 Å². The summed E-state index contributed by atoms with van der Waals surface area (Å²) >= 11 is 0. The van der Waals surface area contributed by atoms with Crippen LogP contribution in [0.15, 0.2) is 6.07 Å². The van der Waals surface area contributed by atoms with Gasteiger partial charge in [0.15, 0.2) is 5.78 Å². The van der Waals surface area contributed by atoms with Gasteiger partial charge in [-0.15, -0.1) is 0 Å². The van der Waals surface area contributed by atoms with E-state index in [9.17, 15) is 9.59 Å². The highest BCUT2D eigenvalue weighted by Gasteiger charge is 2.36. The monoisotopic (exact) mass is 350 g/mol. The number of ketones is 1. The first-order valence-corrected chi connectivity index (χ1v) is 8.45. The predicted octanol–water partition coefficient (Wildman–Crippen LogP) is 3.50. The topological polar surface area (TPSA) is 71.1 Å². The van der Waals surface area contributed by atoms with Crippen LogP contribution in [0.3, 0.4) is 0 Å². The van der Waals surface area contributed by atoms with Crippen LogP contribution in [0.4, 0.5) is 0 Å². The Bertz CT molecular complexity index is 652. The third-order valence-electron chi connectivity index (χ3n) is 4.63. The summed E-state index contributed by atoms with van der Waals surface area (Å²) in [6.07, 6.45) is 3.35. The molecule has 1 aromatic rings. The zero-order valence-electron chi connectivity index (χ0n) is 15.5. The minimum atomic E-state index is -0.310. The van der Waals surface area contributed by atoms with Crippen LogP contribution >= 0.6 is 0 Å². The van der Waals surface area contributed by atoms with Crippen LogP contribution in [0.2, 0.25) is 0 Å². The van der Waals surface area contributed by atoms with E-state index in [4.69, 9.17) is 18.9 Å². The molecule has 0 bridgehead atoms. The van der Waals surface area contributed by atoms with Crippen molar-refractivity contribution in [2.75, 3.05) is 21.3 Å². The zero-order chi connectivity index (χ0) is 18.6. The van der Waals surface area contributed by atoms with Gasteiger partial charge in [-0.2, -0.15) is 0 Å². The lowest BCUT2D eigenvalue weighted by molar-refractivity contribution is -0.148. The molecule has 0 spiro atoms. The predicted molar refractivity (Wildman–Crippen MR) is 92.9 cm³/mol. The normalized spacial score (nSPS) is 19.9. The number of ether oxygens (including phenoxy) is 4. The van der Waals surface area contributed by atoms with Crippen LogP contribution in [0, 0.1) is 0 Å². The fraction of sp³-hybridized carbons (Fsp3) is 0.579. The van der Waals surface area contributed by atoms with Gasteiger partial charge in [0, 0.05) is 24.5 Å². The SMILES string of the molecule is COc1cc(OC)c([C@@H]2CCCC[C@H]2OC(C)=O)c(OC)c1C(C)=O. The summed E-state index contributed by atoms with van der Waals surface area (Å²) in [4.78, 5) is 23.7. The van der Waals surface area contributed by atoms with Gasteiger partial charge in [0.1, 0.15) is 28.9 Å². The van der Waals surface area contributed by atoms with Crippen LogP contribution in [0.1, 0.15) is 61.4 Å². The van der Waals surface area contributed by atoms with Crippen molar-refractivity contribution in [1.82, 2.24) is 0 Å². The molecule has 0 N–H and O–H groups in total. The maximum absolute atomic E-state index is 12.2. The lowest BCUT2D eigenvalue weighted by atomic mass is 9.79. The number of carbonyl (C=O) groups excluding carboxylic acids is 2. The third kappa shape index (κ3) is 3.89. The first-order chi connectivity index (χ1) is 11.9. The number of benzene rings is 1. The van der Waals surface area contributed by atoms with Gasteiger partial charge in [-0.3, -0.25) is 9.59 Å². The minimum Gasteiger partial charge on any atom is -0.496 e. The third-order valence-corrected chi connectivity index (χ3v) is 4.63.